The summed E-state index contributed by atoms with van der Waals surface area (Å²) in [7, 11) is 0. The maximum Gasteiger partial charge on any atom is 0.304 e. The summed E-state index contributed by atoms with van der Waals surface area (Å²) in [6, 6.07) is 9.84. The van der Waals surface area contributed by atoms with Gasteiger partial charge in [-0.15, -0.1) is 11.8 Å². The van der Waals surface area contributed by atoms with Crippen LogP contribution in [0.3, 0.4) is 0 Å². The quantitative estimate of drug-likeness (QED) is 0.825. The molecule has 2 aromatic rings. The number of nitrogens with zero attached hydrogens (tertiary/aromatic N) is 1. The molecule has 82 valence electrons. The molecule has 1 N–H and O–H groups in total. The average Bonchev–Trinajstić information content (AvgIpc) is 2.29. The van der Waals surface area contributed by atoms with Gasteiger partial charge >= 0.3 is 5.97 Å². The van der Waals surface area contributed by atoms with Crippen molar-refractivity contribution in [1.82, 2.24) is 4.98 Å². The van der Waals surface area contributed by atoms with Gasteiger partial charge in [-0.05, 0) is 12.1 Å². The number of thioether (sulfide) groups is 1. The summed E-state index contributed by atoms with van der Waals surface area (Å²) in [4.78, 5) is 15.8. The fourth-order valence-corrected chi connectivity index (χ4v) is 2.42. The monoisotopic (exact) mass is 233 g/mol. The Morgan fingerprint density at radius 3 is 2.94 bits per heavy atom. The van der Waals surface area contributed by atoms with Gasteiger partial charge < -0.3 is 5.11 Å². The lowest BCUT2D eigenvalue weighted by Gasteiger charge is -2.03. The maximum atomic E-state index is 10.4. The number of hydrogen-bond donors (Lipinski definition) is 1. The SMILES string of the molecule is O=C(O)CCSc1cccc2cccnc12. The molecule has 0 atom stereocenters. The second kappa shape index (κ2) is 4.99. The smallest absolute Gasteiger partial charge is 0.304 e. The molecule has 3 nitrogen and oxygen atoms in total. The molecule has 0 saturated heterocycles. The lowest BCUT2D eigenvalue weighted by atomic mass is 10.2. The van der Waals surface area contributed by atoms with Crippen molar-refractivity contribution in [3.05, 3.63) is 36.5 Å². The number of carbonyl (C=O) groups is 1. The number of aliphatic carboxylic acids is 1. The second-order valence-corrected chi connectivity index (χ2v) is 4.46. The van der Waals surface area contributed by atoms with E-state index in [2.05, 4.69) is 4.98 Å². The molecule has 0 aliphatic rings. The lowest BCUT2D eigenvalue weighted by molar-refractivity contribution is -0.136. The number of carboxylic acids is 1. The van der Waals surface area contributed by atoms with Crippen LogP contribution in [0.4, 0.5) is 0 Å². The first-order valence-electron chi connectivity index (χ1n) is 4.96. The molecule has 0 radical (unpaired) electrons. The van der Waals surface area contributed by atoms with Gasteiger partial charge in [0.15, 0.2) is 0 Å². The van der Waals surface area contributed by atoms with Gasteiger partial charge in [-0.2, -0.15) is 0 Å². The Balaban J connectivity index is 2.20. The first-order valence-corrected chi connectivity index (χ1v) is 5.94. The predicted octanol–water partition coefficient (Wildman–Crippen LogP) is 2.80. The Morgan fingerprint density at radius 2 is 2.12 bits per heavy atom. The second-order valence-electron chi connectivity index (χ2n) is 3.32. The normalized spacial score (nSPS) is 10.5. The zero-order valence-electron chi connectivity index (χ0n) is 8.59. The van der Waals surface area contributed by atoms with E-state index in [-0.39, 0.29) is 6.42 Å². The van der Waals surface area contributed by atoms with Crippen molar-refractivity contribution in [2.24, 2.45) is 0 Å². The molecule has 0 fully saturated rings. The van der Waals surface area contributed by atoms with Crippen LogP contribution in [0.1, 0.15) is 6.42 Å². The third-order valence-corrected chi connectivity index (χ3v) is 3.22. The molecule has 0 aliphatic carbocycles. The molecule has 1 heterocycles. The molecule has 0 amide bonds. The van der Waals surface area contributed by atoms with Gasteiger partial charge in [0, 0.05) is 22.2 Å². The van der Waals surface area contributed by atoms with E-state index in [1.807, 2.05) is 30.3 Å². The fraction of sp³-hybridized carbons (Fsp3) is 0.167. The predicted molar refractivity (Wildman–Crippen MR) is 64.7 cm³/mol. The highest BCUT2D eigenvalue weighted by Crippen LogP contribution is 2.26. The Hall–Kier alpha value is -1.55. The van der Waals surface area contributed by atoms with Crippen LogP contribution in [0.2, 0.25) is 0 Å². The van der Waals surface area contributed by atoms with Crippen LogP contribution in [-0.2, 0) is 4.79 Å². The molecule has 0 saturated carbocycles. The number of aromatic nitrogens is 1. The van der Waals surface area contributed by atoms with E-state index in [0.717, 1.165) is 15.8 Å². The zero-order valence-corrected chi connectivity index (χ0v) is 9.41. The number of benzene rings is 1. The van der Waals surface area contributed by atoms with E-state index in [1.54, 1.807) is 6.20 Å². The summed E-state index contributed by atoms with van der Waals surface area (Å²) in [5, 5.41) is 9.66. The topological polar surface area (TPSA) is 50.2 Å². The maximum absolute atomic E-state index is 10.4. The highest BCUT2D eigenvalue weighted by atomic mass is 32.2. The number of fused-ring (bicyclic) bond motifs is 1. The summed E-state index contributed by atoms with van der Waals surface area (Å²) in [5.74, 6) is -0.189. The van der Waals surface area contributed by atoms with Gasteiger partial charge in [0.1, 0.15) is 0 Å². The molecule has 0 spiro atoms. The lowest BCUT2D eigenvalue weighted by Crippen LogP contribution is -1.95. The Kier molecular flexibility index (Phi) is 3.41. The van der Waals surface area contributed by atoms with Crippen LogP contribution < -0.4 is 0 Å². The Bertz CT molecular complexity index is 508. The minimum atomic E-state index is -0.763. The number of rotatable bonds is 4. The van der Waals surface area contributed by atoms with Gasteiger partial charge in [-0.1, -0.05) is 18.2 Å². The summed E-state index contributed by atoms with van der Waals surface area (Å²) < 4.78 is 0. The van der Waals surface area contributed by atoms with Crippen LogP contribution in [0.5, 0.6) is 0 Å². The van der Waals surface area contributed by atoms with Gasteiger partial charge in [0.25, 0.3) is 0 Å². The zero-order chi connectivity index (χ0) is 11.4. The van der Waals surface area contributed by atoms with E-state index < -0.39 is 5.97 Å². The third kappa shape index (κ3) is 2.52. The molecule has 0 unspecified atom stereocenters. The minimum absolute atomic E-state index is 0.174. The highest BCUT2D eigenvalue weighted by Gasteiger charge is 2.03. The van der Waals surface area contributed by atoms with E-state index in [0.29, 0.717) is 5.75 Å². The fourth-order valence-electron chi connectivity index (χ4n) is 1.44. The van der Waals surface area contributed by atoms with Crippen LogP contribution in [-0.4, -0.2) is 21.8 Å². The third-order valence-electron chi connectivity index (χ3n) is 2.17. The van der Waals surface area contributed by atoms with Crippen molar-refractivity contribution in [2.75, 3.05) is 5.75 Å². The van der Waals surface area contributed by atoms with Gasteiger partial charge in [-0.3, -0.25) is 9.78 Å². The minimum Gasteiger partial charge on any atom is -0.481 e. The number of carboxylic acid groups (broad SMARTS) is 1. The van der Waals surface area contributed by atoms with Crippen LogP contribution in [0, 0.1) is 0 Å². The molecular weight excluding hydrogens is 222 g/mol. The summed E-state index contributed by atoms with van der Waals surface area (Å²) in [6.07, 6.45) is 1.93. The van der Waals surface area contributed by atoms with E-state index >= 15 is 0 Å². The molecule has 4 heteroatoms. The number of hydrogen-bond acceptors (Lipinski definition) is 3. The summed E-state index contributed by atoms with van der Waals surface area (Å²) >= 11 is 1.53. The van der Waals surface area contributed by atoms with Crippen LogP contribution in [0.25, 0.3) is 10.9 Å². The van der Waals surface area contributed by atoms with Crippen molar-refractivity contribution in [3.63, 3.8) is 0 Å². The number of para-hydroxylation sites is 1. The van der Waals surface area contributed by atoms with E-state index in [1.165, 1.54) is 11.8 Å². The van der Waals surface area contributed by atoms with Crippen molar-refractivity contribution in [2.45, 2.75) is 11.3 Å². The molecule has 1 aromatic carbocycles. The van der Waals surface area contributed by atoms with Crippen LogP contribution >= 0.6 is 11.8 Å². The Morgan fingerprint density at radius 1 is 1.31 bits per heavy atom. The van der Waals surface area contributed by atoms with Gasteiger partial charge in [-0.25, -0.2) is 0 Å². The first kappa shape index (κ1) is 11.0. The van der Waals surface area contributed by atoms with E-state index in [4.69, 9.17) is 5.11 Å². The van der Waals surface area contributed by atoms with Gasteiger partial charge in [0.2, 0.25) is 0 Å². The first-order chi connectivity index (χ1) is 7.77. The highest BCUT2D eigenvalue weighted by molar-refractivity contribution is 7.99. The summed E-state index contributed by atoms with van der Waals surface area (Å²) in [6.45, 7) is 0. The largest absolute Gasteiger partial charge is 0.481 e. The molecule has 16 heavy (non-hydrogen) atoms. The molecule has 2 rings (SSSR count). The average molecular weight is 233 g/mol. The molecular formula is C12H11NO2S. The van der Waals surface area contributed by atoms with Crippen molar-refractivity contribution < 1.29 is 9.90 Å². The molecule has 0 aliphatic heterocycles. The molecule has 1 aromatic heterocycles. The van der Waals surface area contributed by atoms with Crippen molar-refractivity contribution >= 4 is 28.6 Å². The van der Waals surface area contributed by atoms with E-state index in [9.17, 15) is 4.79 Å². The standard InChI is InChI=1S/C12H11NO2S/c14-11(15)6-8-16-10-5-1-3-9-4-2-7-13-12(9)10/h1-5,7H,6,8H2,(H,14,15). The summed E-state index contributed by atoms with van der Waals surface area (Å²) in [5.41, 5.74) is 0.945. The number of pyridine rings is 1. The Labute approximate surface area is 97.5 Å². The van der Waals surface area contributed by atoms with Crippen LogP contribution in [0.15, 0.2) is 41.4 Å². The molecule has 0 bridgehead atoms. The van der Waals surface area contributed by atoms with Crippen molar-refractivity contribution in [3.8, 4) is 0 Å². The van der Waals surface area contributed by atoms with Gasteiger partial charge in [0.05, 0.1) is 11.9 Å². The van der Waals surface area contributed by atoms with Crippen molar-refractivity contribution in [1.29, 1.82) is 0 Å².